The van der Waals surface area contributed by atoms with Crippen molar-refractivity contribution in [2.45, 2.75) is 105 Å². The summed E-state index contributed by atoms with van der Waals surface area (Å²) in [4.78, 5) is 41.9. The fourth-order valence-electron chi connectivity index (χ4n) is 4.56. The van der Waals surface area contributed by atoms with Gasteiger partial charge in [-0.2, -0.15) is 0 Å². The Balaban J connectivity index is 2.43. The minimum Gasteiger partial charge on any atom is -0.508 e. The molecule has 0 aliphatic heterocycles. The number of nitrogens with one attached hydrogen (secondary N) is 2. The number of carbonyl (C=O) groups is 3. The molecular formula is C32H47N3O5. The molecule has 3 N–H and O–H groups in total. The molecule has 0 aliphatic rings. The van der Waals surface area contributed by atoms with Gasteiger partial charge in [0, 0.05) is 12.2 Å². The van der Waals surface area contributed by atoms with Crippen LogP contribution in [0, 0.1) is 13.8 Å². The molecule has 0 heterocycles. The highest BCUT2D eigenvalue weighted by atomic mass is 16.6. The van der Waals surface area contributed by atoms with Crippen molar-refractivity contribution in [1.29, 1.82) is 0 Å². The van der Waals surface area contributed by atoms with E-state index in [4.69, 9.17) is 4.74 Å². The van der Waals surface area contributed by atoms with Crippen molar-refractivity contribution < 1.29 is 24.2 Å². The van der Waals surface area contributed by atoms with Crippen LogP contribution in [0.3, 0.4) is 0 Å². The number of ether oxygens (including phenoxy) is 1. The number of hydrogen-bond donors (Lipinski definition) is 3. The topological polar surface area (TPSA) is 108 Å². The Bertz CT molecular complexity index is 1100. The summed E-state index contributed by atoms with van der Waals surface area (Å²) >= 11 is 0. The molecule has 0 spiro atoms. The Hall–Kier alpha value is -3.55. The summed E-state index contributed by atoms with van der Waals surface area (Å²) in [6, 6.07) is 10.2. The van der Waals surface area contributed by atoms with Crippen LogP contribution in [0.2, 0.25) is 0 Å². The average molecular weight is 554 g/mol. The second-order valence-electron chi connectivity index (χ2n) is 11.4. The first kappa shape index (κ1) is 32.7. The molecule has 2 unspecified atom stereocenters. The summed E-state index contributed by atoms with van der Waals surface area (Å²) in [5, 5.41) is 15.6. The molecule has 2 atom stereocenters. The number of aromatic hydroxyl groups is 1. The highest BCUT2D eigenvalue weighted by molar-refractivity contribution is 5.99. The second-order valence-corrected chi connectivity index (χ2v) is 11.4. The number of aryl methyl sites for hydroxylation is 2. The molecule has 0 aromatic heterocycles. The lowest BCUT2D eigenvalue weighted by Crippen LogP contribution is -2.51. The fraction of sp³-hybridized carbons (Fsp3) is 0.531. The van der Waals surface area contributed by atoms with Crippen LogP contribution in [0.1, 0.15) is 95.9 Å². The number of rotatable bonds is 13. The minimum atomic E-state index is -0.981. The van der Waals surface area contributed by atoms with Gasteiger partial charge in [-0.05, 0) is 76.8 Å². The van der Waals surface area contributed by atoms with E-state index in [1.54, 1.807) is 39.8 Å². The Kier molecular flexibility index (Phi) is 12.5. The van der Waals surface area contributed by atoms with Crippen LogP contribution in [0.15, 0.2) is 42.5 Å². The SMILES string of the molecule is CCCCCCCCN(C(=O)C(C)NC(=O)OC(C)(C)C)C(C(=O)Nc1c(C)cccc1C)c1ccc(O)cc1. The number of benzene rings is 2. The molecule has 2 rings (SSSR count). The Morgan fingerprint density at radius 2 is 1.50 bits per heavy atom. The molecule has 0 bridgehead atoms. The third kappa shape index (κ3) is 10.2. The molecule has 8 heteroatoms. The number of unbranched alkanes of at least 4 members (excludes halogenated alkanes) is 5. The molecule has 3 amide bonds. The maximum absolute atomic E-state index is 14.0. The summed E-state index contributed by atoms with van der Waals surface area (Å²) in [6.07, 6.45) is 5.38. The monoisotopic (exact) mass is 553 g/mol. The normalized spacial score (nSPS) is 12.8. The van der Waals surface area contributed by atoms with E-state index >= 15 is 0 Å². The van der Waals surface area contributed by atoms with Crippen molar-refractivity contribution in [1.82, 2.24) is 10.2 Å². The number of para-hydroxylation sites is 1. The van der Waals surface area contributed by atoms with Gasteiger partial charge in [0.05, 0.1) is 0 Å². The van der Waals surface area contributed by atoms with Gasteiger partial charge in [0.15, 0.2) is 0 Å². The van der Waals surface area contributed by atoms with Gasteiger partial charge >= 0.3 is 6.09 Å². The van der Waals surface area contributed by atoms with Crippen LogP contribution in [0.5, 0.6) is 5.75 Å². The van der Waals surface area contributed by atoms with Crippen molar-refractivity contribution >= 4 is 23.6 Å². The predicted molar refractivity (Wildman–Crippen MR) is 159 cm³/mol. The van der Waals surface area contributed by atoms with E-state index in [2.05, 4.69) is 17.6 Å². The lowest BCUT2D eigenvalue weighted by Gasteiger charge is -2.34. The molecule has 0 fully saturated rings. The second kappa shape index (κ2) is 15.3. The lowest BCUT2D eigenvalue weighted by atomic mass is 10.0. The molecule has 40 heavy (non-hydrogen) atoms. The van der Waals surface area contributed by atoms with Crippen LogP contribution < -0.4 is 10.6 Å². The van der Waals surface area contributed by atoms with E-state index in [1.807, 2.05) is 32.0 Å². The standard InChI is InChI=1S/C32H47N3O5/c1-8-9-10-11-12-13-21-35(30(38)24(4)33-31(39)40-32(5,6)7)28(25-17-19-26(36)20-18-25)29(37)34-27-22(2)15-14-16-23(27)3/h14-20,24,28,36H,8-13,21H2,1-7H3,(H,33,39)(H,34,37). The maximum atomic E-state index is 14.0. The van der Waals surface area contributed by atoms with E-state index < -0.39 is 29.7 Å². The molecule has 8 nitrogen and oxygen atoms in total. The molecule has 0 aliphatic carbocycles. The maximum Gasteiger partial charge on any atom is 0.408 e. The quantitative estimate of drug-likeness (QED) is 0.237. The molecular weight excluding hydrogens is 506 g/mol. The van der Waals surface area contributed by atoms with Crippen molar-refractivity contribution in [2.75, 3.05) is 11.9 Å². The van der Waals surface area contributed by atoms with Crippen LogP contribution >= 0.6 is 0 Å². The van der Waals surface area contributed by atoms with Crippen LogP contribution in [0.25, 0.3) is 0 Å². The number of amides is 3. The molecule has 2 aromatic carbocycles. The number of nitrogens with zero attached hydrogens (tertiary/aromatic N) is 1. The zero-order valence-corrected chi connectivity index (χ0v) is 25.2. The molecule has 0 radical (unpaired) electrons. The van der Waals surface area contributed by atoms with Crippen molar-refractivity contribution in [3.05, 3.63) is 59.2 Å². The third-order valence-electron chi connectivity index (χ3n) is 6.64. The minimum absolute atomic E-state index is 0.0615. The van der Waals surface area contributed by atoms with E-state index in [9.17, 15) is 19.5 Å². The predicted octanol–water partition coefficient (Wildman–Crippen LogP) is 6.79. The number of anilines is 1. The number of carbonyl (C=O) groups excluding carboxylic acids is 3. The van der Waals surface area contributed by atoms with Crippen LogP contribution in [-0.2, 0) is 14.3 Å². The van der Waals surface area contributed by atoms with Crippen LogP contribution in [0.4, 0.5) is 10.5 Å². The van der Waals surface area contributed by atoms with Crippen molar-refractivity contribution in [3.8, 4) is 5.75 Å². The van der Waals surface area contributed by atoms with Gasteiger partial charge in [-0.3, -0.25) is 9.59 Å². The lowest BCUT2D eigenvalue weighted by molar-refractivity contribution is -0.140. The van der Waals surface area contributed by atoms with E-state index in [1.165, 1.54) is 17.0 Å². The highest BCUT2D eigenvalue weighted by Crippen LogP contribution is 2.28. The molecule has 220 valence electrons. The van der Waals surface area contributed by atoms with Gasteiger partial charge < -0.3 is 25.4 Å². The first-order chi connectivity index (χ1) is 18.8. The molecule has 0 saturated carbocycles. The van der Waals surface area contributed by atoms with E-state index in [0.717, 1.165) is 43.2 Å². The fourth-order valence-corrected chi connectivity index (χ4v) is 4.56. The van der Waals surface area contributed by atoms with Gasteiger partial charge in [-0.15, -0.1) is 0 Å². The Morgan fingerprint density at radius 1 is 0.925 bits per heavy atom. The average Bonchev–Trinajstić information content (AvgIpc) is 2.87. The summed E-state index contributed by atoms with van der Waals surface area (Å²) < 4.78 is 5.36. The molecule has 2 aromatic rings. The van der Waals surface area contributed by atoms with E-state index in [-0.39, 0.29) is 11.7 Å². The van der Waals surface area contributed by atoms with Crippen LogP contribution in [-0.4, -0.2) is 46.1 Å². The Morgan fingerprint density at radius 3 is 2.08 bits per heavy atom. The summed E-state index contributed by atoms with van der Waals surface area (Å²) in [5.74, 6) is -0.701. The summed E-state index contributed by atoms with van der Waals surface area (Å²) in [5.41, 5.74) is 2.36. The summed E-state index contributed by atoms with van der Waals surface area (Å²) in [7, 11) is 0. The third-order valence-corrected chi connectivity index (χ3v) is 6.64. The largest absolute Gasteiger partial charge is 0.508 e. The van der Waals surface area contributed by atoms with Gasteiger partial charge in [-0.1, -0.05) is 69.4 Å². The number of hydrogen-bond acceptors (Lipinski definition) is 5. The smallest absolute Gasteiger partial charge is 0.408 e. The zero-order valence-electron chi connectivity index (χ0n) is 25.2. The highest BCUT2D eigenvalue weighted by Gasteiger charge is 2.35. The van der Waals surface area contributed by atoms with Crippen molar-refractivity contribution in [2.24, 2.45) is 0 Å². The number of phenolic OH excluding ortho intramolecular Hbond substituents is 1. The van der Waals surface area contributed by atoms with Gasteiger partial charge in [0.25, 0.3) is 5.91 Å². The Labute approximate surface area is 239 Å². The number of phenols is 1. The van der Waals surface area contributed by atoms with Gasteiger partial charge in [0.1, 0.15) is 23.4 Å². The first-order valence-electron chi connectivity index (χ1n) is 14.3. The van der Waals surface area contributed by atoms with Gasteiger partial charge in [0.2, 0.25) is 5.91 Å². The summed E-state index contributed by atoms with van der Waals surface area (Å²) in [6.45, 7) is 13.2. The first-order valence-corrected chi connectivity index (χ1v) is 14.3. The zero-order chi connectivity index (χ0) is 29.9. The van der Waals surface area contributed by atoms with Crippen molar-refractivity contribution in [3.63, 3.8) is 0 Å². The van der Waals surface area contributed by atoms with E-state index in [0.29, 0.717) is 24.2 Å². The van der Waals surface area contributed by atoms with Gasteiger partial charge in [-0.25, -0.2) is 4.79 Å². The number of alkyl carbamates (subject to hydrolysis) is 1. The molecule has 0 saturated heterocycles.